The van der Waals surface area contributed by atoms with Crippen molar-refractivity contribution in [1.82, 2.24) is 5.32 Å². The second kappa shape index (κ2) is 9.94. The second-order valence-electron chi connectivity index (χ2n) is 6.11. The van der Waals surface area contributed by atoms with Crippen molar-refractivity contribution in [2.45, 2.75) is 26.7 Å². The molecule has 0 fully saturated rings. The summed E-state index contributed by atoms with van der Waals surface area (Å²) in [6.07, 6.45) is 1.11. The first kappa shape index (κ1) is 22.3. The summed E-state index contributed by atoms with van der Waals surface area (Å²) >= 11 is 11.3. The molecule has 8 nitrogen and oxygen atoms in total. The van der Waals surface area contributed by atoms with Gasteiger partial charge in [0.15, 0.2) is 5.11 Å². The van der Waals surface area contributed by atoms with Crippen molar-refractivity contribution < 1.29 is 14.5 Å². The fraction of sp³-hybridized carbons (Fsp3) is 0.211. The van der Waals surface area contributed by atoms with Crippen molar-refractivity contribution in [3.8, 4) is 0 Å². The van der Waals surface area contributed by atoms with Crippen molar-refractivity contribution in [2.75, 3.05) is 10.6 Å². The predicted molar refractivity (Wildman–Crippen MR) is 117 cm³/mol. The number of hydrogen-bond acceptors (Lipinski definition) is 5. The summed E-state index contributed by atoms with van der Waals surface area (Å²) < 4.78 is 0. The van der Waals surface area contributed by atoms with Gasteiger partial charge in [0.2, 0.25) is 5.91 Å². The molecule has 0 spiro atoms. The maximum Gasteiger partial charge on any atom is 0.273 e. The van der Waals surface area contributed by atoms with Crippen LogP contribution in [0, 0.1) is 17.0 Å². The van der Waals surface area contributed by atoms with Crippen LogP contribution in [0.1, 0.15) is 35.7 Å². The molecule has 2 aromatic rings. The quantitative estimate of drug-likeness (QED) is 0.352. The zero-order valence-electron chi connectivity index (χ0n) is 15.7. The summed E-state index contributed by atoms with van der Waals surface area (Å²) in [4.78, 5) is 34.7. The number of carbonyl (C=O) groups excluding carboxylic acids is 2. The molecule has 2 aromatic carbocycles. The Morgan fingerprint density at radius 2 is 1.93 bits per heavy atom. The van der Waals surface area contributed by atoms with E-state index in [1.165, 1.54) is 25.1 Å². The lowest BCUT2D eigenvalue weighted by Gasteiger charge is -2.13. The average Bonchev–Trinajstić information content (AvgIpc) is 2.64. The predicted octanol–water partition coefficient (Wildman–Crippen LogP) is 4.42. The number of carbonyl (C=O) groups is 2. The van der Waals surface area contributed by atoms with Crippen LogP contribution < -0.4 is 16.0 Å². The Balaban J connectivity index is 2.11. The number of amides is 2. The van der Waals surface area contributed by atoms with Crippen LogP contribution in [-0.2, 0) is 4.79 Å². The number of thiocarbonyl (C=S) groups is 1. The summed E-state index contributed by atoms with van der Waals surface area (Å²) in [5.41, 5.74) is 1.13. The SMILES string of the molecule is CCCC(=O)Nc1ccc(Cl)c(NC(=S)NC(=O)c2cccc([N+](=O)[O-])c2C)c1. The minimum absolute atomic E-state index is 0.0418. The topological polar surface area (TPSA) is 113 Å². The number of nitrogens with one attached hydrogen (secondary N) is 3. The highest BCUT2D eigenvalue weighted by Crippen LogP contribution is 2.26. The molecule has 10 heteroatoms. The van der Waals surface area contributed by atoms with E-state index in [4.69, 9.17) is 23.8 Å². The molecule has 0 saturated heterocycles. The summed E-state index contributed by atoms with van der Waals surface area (Å²) in [5, 5.41) is 19.3. The van der Waals surface area contributed by atoms with Crippen LogP contribution in [-0.4, -0.2) is 21.9 Å². The van der Waals surface area contributed by atoms with E-state index < -0.39 is 10.8 Å². The summed E-state index contributed by atoms with van der Waals surface area (Å²) in [6, 6.07) is 9.04. The second-order valence-corrected chi connectivity index (χ2v) is 6.92. The van der Waals surface area contributed by atoms with E-state index in [1.807, 2.05) is 6.92 Å². The Labute approximate surface area is 177 Å². The largest absolute Gasteiger partial charge is 0.331 e. The lowest BCUT2D eigenvalue weighted by Crippen LogP contribution is -2.34. The molecule has 0 aromatic heterocycles. The first-order valence-electron chi connectivity index (χ1n) is 8.68. The van der Waals surface area contributed by atoms with Gasteiger partial charge in [-0.3, -0.25) is 25.0 Å². The van der Waals surface area contributed by atoms with E-state index in [9.17, 15) is 19.7 Å². The smallest absolute Gasteiger partial charge is 0.273 e. The Hall–Kier alpha value is -3.04. The number of benzene rings is 2. The highest BCUT2D eigenvalue weighted by Gasteiger charge is 2.19. The summed E-state index contributed by atoms with van der Waals surface area (Å²) in [7, 11) is 0. The van der Waals surface area contributed by atoms with Gasteiger partial charge < -0.3 is 10.6 Å². The molecule has 0 aliphatic carbocycles. The zero-order chi connectivity index (χ0) is 21.6. The summed E-state index contributed by atoms with van der Waals surface area (Å²) in [6.45, 7) is 3.39. The van der Waals surface area contributed by atoms with Crippen molar-refractivity contribution in [1.29, 1.82) is 0 Å². The molecule has 0 radical (unpaired) electrons. The lowest BCUT2D eigenvalue weighted by atomic mass is 10.1. The Bertz CT molecular complexity index is 981. The average molecular weight is 435 g/mol. The molecule has 0 aliphatic heterocycles. The minimum Gasteiger partial charge on any atom is -0.331 e. The van der Waals surface area contributed by atoms with Gasteiger partial charge in [-0.1, -0.05) is 24.6 Å². The molecule has 2 amide bonds. The number of halogens is 1. The van der Waals surface area contributed by atoms with Gasteiger partial charge in [-0.05, 0) is 49.8 Å². The number of hydrogen-bond donors (Lipinski definition) is 3. The van der Waals surface area contributed by atoms with Crippen LogP contribution in [0.4, 0.5) is 17.1 Å². The third-order valence-corrected chi connectivity index (χ3v) is 4.48. The zero-order valence-corrected chi connectivity index (χ0v) is 17.3. The van der Waals surface area contributed by atoms with E-state index in [2.05, 4.69) is 16.0 Å². The normalized spacial score (nSPS) is 10.2. The number of nitro groups is 1. The van der Waals surface area contributed by atoms with Crippen LogP contribution in [0.15, 0.2) is 36.4 Å². The first-order valence-corrected chi connectivity index (χ1v) is 9.47. The third-order valence-electron chi connectivity index (χ3n) is 3.95. The Morgan fingerprint density at radius 1 is 1.21 bits per heavy atom. The third kappa shape index (κ3) is 5.97. The van der Waals surface area contributed by atoms with E-state index in [-0.39, 0.29) is 27.8 Å². The van der Waals surface area contributed by atoms with Crippen molar-refractivity contribution in [2.24, 2.45) is 0 Å². The molecule has 0 saturated carbocycles. The van der Waals surface area contributed by atoms with Crippen LogP contribution in [0.3, 0.4) is 0 Å². The minimum atomic E-state index is -0.591. The first-order chi connectivity index (χ1) is 13.7. The molecule has 152 valence electrons. The Morgan fingerprint density at radius 3 is 2.59 bits per heavy atom. The van der Waals surface area contributed by atoms with Gasteiger partial charge in [-0.2, -0.15) is 0 Å². The molecule has 0 atom stereocenters. The van der Waals surface area contributed by atoms with Crippen molar-refractivity contribution >= 4 is 57.8 Å². The fourth-order valence-electron chi connectivity index (χ4n) is 2.54. The van der Waals surface area contributed by atoms with Gasteiger partial charge in [0.1, 0.15) is 0 Å². The van der Waals surface area contributed by atoms with Crippen molar-refractivity contribution in [3.05, 3.63) is 62.7 Å². The Kier molecular flexibility index (Phi) is 7.63. The molecule has 0 unspecified atom stereocenters. The maximum absolute atomic E-state index is 12.5. The molecule has 29 heavy (non-hydrogen) atoms. The molecule has 2 rings (SSSR count). The molecular weight excluding hydrogens is 416 g/mol. The van der Waals surface area contributed by atoms with Gasteiger partial charge in [0, 0.05) is 29.3 Å². The van der Waals surface area contributed by atoms with Gasteiger partial charge in [-0.25, -0.2) is 0 Å². The van der Waals surface area contributed by atoms with Crippen LogP contribution in [0.5, 0.6) is 0 Å². The van der Waals surface area contributed by atoms with E-state index in [1.54, 1.807) is 18.2 Å². The molecule has 0 bridgehead atoms. The molecule has 0 aliphatic rings. The molecular formula is C19H19ClN4O4S. The molecule has 0 heterocycles. The van der Waals surface area contributed by atoms with E-state index >= 15 is 0 Å². The maximum atomic E-state index is 12.5. The van der Waals surface area contributed by atoms with Gasteiger partial charge in [-0.15, -0.1) is 0 Å². The monoisotopic (exact) mass is 434 g/mol. The number of nitrogens with zero attached hydrogens (tertiary/aromatic N) is 1. The van der Waals surface area contributed by atoms with E-state index in [0.717, 1.165) is 6.42 Å². The fourth-order valence-corrected chi connectivity index (χ4v) is 2.91. The van der Waals surface area contributed by atoms with Crippen LogP contribution in [0.25, 0.3) is 0 Å². The molecule has 3 N–H and O–H groups in total. The number of nitro benzene ring substituents is 1. The highest BCUT2D eigenvalue weighted by molar-refractivity contribution is 7.80. The highest BCUT2D eigenvalue weighted by atomic mass is 35.5. The van der Waals surface area contributed by atoms with Crippen molar-refractivity contribution in [3.63, 3.8) is 0 Å². The van der Waals surface area contributed by atoms with Gasteiger partial charge in [0.05, 0.1) is 15.6 Å². The van der Waals surface area contributed by atoms with Gasteiger partial charge in [0.25, 0.3) is 11.6 Å². The lowest BCUT2D eigenvalue weighted by molar-refractivity contribution is -0.385. The number of rotatable bonds is 6. The summed E-state index contributed by atoms with van der Waals surface area (Å²) in [5.74, 6) is -0.718. The standard InChI is InChI=1S/C19H19ClN4O4S/c1-3-5-17(25)21-12-8-9-14(20)15(10-12)22-19(29)23-18(26)13-6-4-7-16(11(13)2)24(27)28/h4,6-10H,3,5H2,1-2H3,(H,21,25)(H2,22,23,26,29). The van der Waals surface area contributed by atoms with Crippen LogP contribution >= 0.6 is 23.8 Å². The van der Waals surface area contributed by atoms with Crippen LogP contribution in [0.2, 0.25) is 5.02 Å². The van der Waals surface area contributed by atoms with Gasteiger partial charge >= 0.3 is 0 Å². The van der Waals surface area contributed by atoms with E-state index in [0.29, 0.717) is 22.8 Å². The number of anilines is 2.